The van der Waals surface area contributed by atoms with E-state index in [1.54, 1.807) is 52.0 Å². The minimum Gasteiger partial charge on any atom is -0.494 e. The minimum atomic E-state index is -0.633. The highest BCUT2D eigenvalue weighted by molar-refractivity contribution is 5.97. The van der Waals surface area contributed by atoms with Gasteiger partial charge >= 0.3 is 0 Å². The molecule has 2 N–H and O–H groups in total. The Hall–Kier alpha value is -3.02. The summed E-state index contributed by atoms with van der Waals surface area (Å²) >= 11 is 0. The Balaban J connectivity index is 1.91. The second kappa shape index (κ2) is 9.26. The van der Waals surface area contributed by atoms with Gasteiger partial charge in [0.15, 0.2) is 0 Å². The third-order valence-corrected chi connectivity index (χ3v) is 3.91. The molecule has 0 saturated carbocycles. The first-order chi connectivity index (χ1) is 13.2. The lowest BCUT2D eigenvalue weighted by molar-refractivity contribution is -0.131. The average Bonchev–Trinajstić information content (AvgIpc) is 2.64. The molecule has 1 atom stereocenters. The van der Waals surface area contributed by atoms with Crippen LogP contribution >= 0.6 is 0 Å². The van der Waals surface area contributed by atoms with Crippen LogP contribution in [-0.2, 0) is 9.59 Å². The van der Waals surface area contributed by atoms with Crippen molar-refractivity contribution in [2.24, 2.45) is 5.41 Å². The van der Waals surface area contributed by atoms with Gasteiger partial charge in [0.1, 0.15) is 23.3 Å². The maximum absolute atomic E-state index is 12.3. The van der Waals surface area contributed by atoms with Crippen LogP contribution in [0.5, 0.6) is 17.2 Å². The summed E-state index contributed by atoms with van der Waals surface area (Å²) < 4.78 is 11.2. The summed E-state index contributed by atoms with van der Waals surface area (Å²) in [5.41, 5.74) is 0.0786. The van der Waals surface area contributed by atoms with Crippen LogP contribution in [0, 0.1) is 5.41 Å². The molecule has 0 spiro atoms. The van der Waals surface area contributed by atoms with Gasteiger partial charge in [-0.3, -0.25) is 9.59 Å². The third kappa shape index (κ3) is 6.30. The molecule has 0 fully saturated rings. The summed E-state index contributed by atoms with van der Waals surface area (Å²) in [7, 11) is 0. The molecule has 0 aliphatic carbocycles. The molecule has 6 heteroatoms. The number of ether oxygens (including phenoxy) is 2. The summed E-state index contributed by atoms with van der Waals surface area (Å²) in [6.07, 6.45) is 0. The van der Waals surface area contributed by atoms with Gasteiger partial charge in [0.2, 0.25) is 11.8 Å². The maximum atomic E-state index is 12.3. The Kier molecular flexibility index (Phi) is 7.04. The van der Waals surface area contributed by atoms with Gasteiger partial charge < -0.3 is 20.1 Å². The lowest BCUT2D eigenvalue weighted by Crippen LogP contribution is -2.46. The van der Waals surface area contributed by atoms with Gasteiger partial charge in [-0.25, -0.2) is 0 Å². The Labute approximate surface area is 166 Å². The summed E-state index contributed by atoms with van der Waals surface area (Å²) in [6, 6.07) is 13.8. The molecule has 2 aromatic rings. The van der Waals surface area contributed by atoms with Crippen molar-refractivity contribution in [1.29, 1.82) is 0 Å². The van der Waals surface area contributed by atoms with E-state index in [9.17, 15) is 9.59 Å². The van der Waals surface area contributed by atoms with Crippen LogP contribution in [0.25, 0.3) is 0 Å². The fourth-order valence-electron chi connectivity index (χ4n) is 2.24. The molecule has 150 valence electrons. The van der Waals surface area contributed by atoms with E-state index >= 15 is 0 Å². The molecule has 0 saturated heterocycles. The largest absolute Gasteiger partial charge is 0.494 e. The molecule has 0 aromatic heterocycles. The van der Waals surface area contributed by atoms with Gasteiger partial charge in [0, 0.05) is 11.1 Å². The maximum Gasteiger partial charge on any atom is 0.246 e. The van der Waals surface area contributed by atoms with Crippen molar-refractivity contribution >= 4 is 17.5 Å². The third-order valence-electron chi connectivity index (χ3n) is 3.91. The number of hydrogen-bond acceptors (Lipinski definition) is 4. The fourth-order valence-corrected chi connectivity index (χ4v) is 2.24. The lowest BCUT2D eigenvalue weighted by atomic mass is 9.95. The first kappa shape index (κ1) is 21.3. The molecule has 0 radical (unpaired) electrons. The monoisotopic (exact) mass is 384 g/mol. The van der Waals surface area contributed by atoms with Crippen molar-refractivity contribution in [3.05, 3.63) is 48.5 Å². The number of rotatable bonds is 7. The summed E-state index contributed by atoms with van der Waals surface area (Å²) in [5, 5.41) is 5.50. The second-order valence-corrected chi connectivity index (χ2v) is 7.47. The summed E-state index contributed by atoms with van der Waals surface area (Å²) in [5.74, 6) is 1.68. The summed E-state index contributed by atoms with van der Waals surface area (Å²) in [4.78, 5) is 24.3. The van der Waals surface area contributed by atoms with Gasteiger partial charge in [-0.2, -0.15) is 0 Å². The van der Waals surface area contributed by atoms with E-state index in [4.69, 9.17) is 9.47 Å². The lowest BCUT2D eigenvalue weighted by Gasteiger charge is -2.21. The predicted molar refractivity (Wildman–Crippen MR) is 110 cm³/mol. The van der Waals surface area contributed by atoms with Crippen LogP contribution in [0.1, 0.15) is 34.6 Å². The topological polar surface area (TPSA) is 76.7 Å². The van der Waals surface area contributed by atoms with E-state index < -0.39 is 11.5 Å². The van der Waals surface area contributed by atoms with Crippen LogP contribution in [0.2, 0.25) is 0 Å². The SMILES string of the molecule is CCOc1ccc(Oc2ccc(NC(=O)C(C)NC(=O)C(C)(C)C)cc2)cc1. The molecule has 0 aliphatic heterocycles. The van der Waals surface area contributed by atoms with Crippen LogP contribution in [-0.4, -0.2) is 24.5 Å². The average molecular weight is 384 g/mol. The van der Waals surface area contributed by atoms with Crippen molar-refractivity contribution in [3.8, 4) is 17.2 Å². The Bertz CT molecular complexity index is 793. The Morgan fingerprint density at radius 1 is 0.929 bits per heavy atom. The van der Waals surface area contributed by atoms with E-state index in [1.165, 1.54) is 0 Å². The zero-order valence-electron chi connectivity index (χ0n) is 17.0. The van der Waals surface area contributed by atoms with Crippen LogP contribution < -0.4 is 20.1 Å². The Morgan fingerprint density at radius 3 is 1.93 bits per heavy atom. The highest BCUT2D eigenvalue weighted by Gasteiger charge is 2.25. The number of amides is 2. The molecule has 0 heterocycles. The van der Waals surface area contributed by atoms with Crippen LogP contribution in [0.3, 0.4) is 0 Å². The van der Waals surface area contributed by atoms with E-state index in [-0.39, 0.29) is 11.8 Å². The molecule has 28 heavy (non-hydrogen) atoms. The first-order valence-electron chi connectivity index (χ1n) is 9.31. The van der Waals surface area contributed by atoms with Gasteiger partial charge in [-0.05, 0) is 62.4 Å². The molecule has 0 aliphatic rings. The van der Waals surface area contributed by atoms with E-state index in [0.29, 0.717) is 23.8 Å². The van der Waals surface area contributed by atoms with Crippen molar-refractivity contribution in [2.75, 3.05) is 11.9 Å². The molecular weight excluding hydrogens is 356 g/mol. The van der Waals surface area contributed by atoms with Crippen molar-refractivity contribution in [2.45, 2.75) is 40.7 Å². The highest BCUT2D eigenvalue weighted by atomic mass is 16.5. The normalized spacial score (nSPS) is 12.0. The number of carbonyl (C=O) groups excluding carboxylic acids is 2. The second-order valence-electron chi connectivity index (χ2n) is 7.47. The minimum absolute atomic E-state index is 0.172. The molecule has 0 bridgehead atoms. The number of carbonyl (C=O) groups is 2. The molecule has 2 aromatic carbocycles. The van der Waals surface area contributed by atoms with Gasteiger partial charge in [0.25, 0.3) is 0 Å². The van der Waals surface area contributed by atoms with Crippen LogP contribution in [0.15, 0.2) is 48.5 Å². The number of hydrogen-bond donors (Lipinski definition) is 2. The number of benzene rings is 2. The quantitative estimate of drug-likeness (QED) is 0.743. The van der Waals surface area contributed by atoms with Crippen molar-refractivity contribution in [3.63, 3.8) is 0 Å². The fraction of sp³-hybridized carbons (Fsp3) is 0.364. The first-order valence-corrected chi connectivity index (χ1v) is 9.31. The van der Waals surface area contributed by atoms with Crippen molar-refractivity contribution in [1.82, 2.24) is 5.32 Å². The zero-order valence-corrected chi connectivity index (χ0v) is 17.0. The molecule has 2 rings (SSSR count). The van der Waals surface area contributed by atoms with Gasteiger partial charge in [0.05, 0.1) is 6.61 Å². The van der Waals surface area contributed by atoms with E-state index in [2.05, 4.69) is 10.6 Å². The van der Waals surface area contributed by atoms with Crippen molar-refractivity contribution < 1.29 is 19.1 Å². The molecular formula is C22H28N2O4. The van der Waals surface area contributed by atoms with Gasteiger partial charge in [-0.15, -0.1) is 0 Å². The number of anilines is 1. The predicted octanol–water partition coefficient (Wildman–Crippen LogP) is 4.37. The standard InChI is InChI=1S/C22H28N2O4/c1-6-27-17-11-13-19(14-12-17)28-18-9-7-16(8-10-18)24-20(25)15(2)23-21(26)22(3,4)5/h7-15H,6H2,1-5H3,(H,23,26)(H,24,25). The molecule has 6 nitrogen and oxygen atoms in total. The van der Waals surface area contributed by atoms with Gasteiger partial charge in [-0.1, -0.05) is 20.8 Å². The summed E-state index contributed by atoms with van der Waals surface area (Å²) in [6.45, 7) is 9.61. The van der Waals surface area contributed by atoms with Crippen LogP contribution in [0.4, 0.5) is 5.69 Å². The smallest absolute Gasteiger partial charge is 0.246 e. The molecule has 1 unspecified atom stereocenters. The van der Waals surface area contributed by atoms with E-state index in [1.807, 2.05) is 31.2 Å². The van der Waals surface area contributed by atoms with E-state index in [0.717, 1.165) is 5.75 Å². The highest BCUT2D eigenvalue weighted by Crippen LogP contribution is 2.25. The number of nitrogens with one attached hydrogen (secondary N) is 2. The Morgan fingerprint density at radius 2 is 1.43 bits per heavy atom. The zero-order chi connectivity index (χ0) is 20.7. The molecule has 2 amide bonds.